The summed E-state index contributed by atoms with van der Waals surface area (Å²) >= 11 is 4.49. The lowest BCUT2D eigenvalue weighted by atomic mass is 9.90. The van der Waals surface area contributed by atoms with Crippen molar-refractivity contribution in [2.75, 3.05) is 98.2 Å². The van der Waals surface area contributed by atoms with Crippen LogP contribution in [-0.2, 0) is 9.59 Å². The molecule has 0 atom stereocenters. The van der Waals surface area contributed by atoms with E-state index in [0.29, 0.717) is 38.9 Å². The van der Waals surface area contributed by atoms with Gasteiger partial charge in [0.05, 0.1) is 11.7 Å². The van der Waals surface area contributed by atoms with E-state index in [2.05, 4.69) is 71.8 Å². The fourth-order valence-corrected chi connectivity index (χ4v) is 4.00. The zero-order valence-electron chi connectivity index (χ0n) is 22.8. The largest absolute Gasteiger partial charge is 0.356 e. The highest BCUT2D eigenvalue weighted by Gasteiger charge is 2.23. The third kappa shape index (κ3) is 21.2. The zero-order valence-corrected chi connectivity index (χ0v) is 23.6. The van der Waals surface area contributed by atoms with E-state index in [0.717, 1.165) is 91.4 Å². The number of aliphatic imine (C=N–C) groups is 1. The third-order valence-electron chi connectivity index (χ3n) is 6.06. The molecule has 1 aliphatic heterocycles. The van der Waals surface area contributed by atoms with Crippen LogP contribution in [0.1, 0.15) is 39.0 Å². The monoisotopic (exact) mass is 541 g/mol. The number of carbonyl (C=O) groups excluding carboxylic acids is 2. The van der Waals surface area contributed by atoms with Crippen molar-refractivity contribution >= 4 is 29.2 Å². The Kier molecular flexibility index (Phi) is 21.4. The van der Waals surface area contributed by atoms with Gasteiger partial charge < -0.3 is 42.5 Å². The molecule has 8 N–H and O–H groups in total. The van der Waals surface area contributed by atoms with E-state index in [1.54, 1.807) is 0 Å². The van der Waals surface area contributed by atoms with Crippen LogP contribution in [0.5, 0.6) is 0 Å². The minimum absolute atomic E-state index is 0.0183. The Morgan fingerprint density at radius 3 is 2.00 bits per heavy atom. The second kappa shape index (κ2) is 23.6. The van der Waals surface area contributed by atoms with E-state index < -0.39 is 0 Å². The van der Waals surface area contributed by atoms with Crippen molar-refractivity contribution in [3.8, 4) is 0 Å². The summed E-state index contributed by atoms with van der Waals surface area (Å²) in [4.78, 5) is 27.5. The number of isothiocyanates is 1. The van der Waals surface area contributed by atoms with Crippen LogP contribution < -0.4 is 42.5 Å². The molecule has 37 heavy (non-hydrogen) atoms. The summed E-state index contributed by atoms with van der Waals surface area (Å²) in [5.74, 6) is -0.0554. The second-order valence-corrected chi connectivity index (χ2v) is 10.0. The van der Waals surface area contributed by atoms with Gasteiger partial charge in [-0.25, -0.2) is 4.99 Å². The van der Waals surface area contributed by atoms with Crippen LogP contribution in [0, 0.1) is 5.41 Å². The molecule has 1 aliphatic rings. The van der Waals surface area contributed by atoms with Crippen LogP contribution in [-0.4, -0.2) is 115 Å². The Morgan fingerprint density at radius 1 is 0.784 bits per heavy atom. The maximum atomic E-state index is 11.9. The molecular weight excluding hydrogens is 490 g/mol. The molecule has 1 saturated heterocycles. The van der Waals surface area contributed by atoms with Crippen molar-refractivity contribution in [3.05, 3.63) is 0 Å². The summed E-state index contributed by atoms with van der Waals surface area (Å²) in [5.41, 5.74) is 0.132. The fraction of sp³-hybridized carbons (Fsp3) is 0.880. The van der Waals surface area contributed by atoms with Crippen LogP contribution in [0.15, 0.2) is 4.99 Å². The molecule has 0 saturated carbocycles. The number of nitrogens with one attached hydrogen (secondary N) is 8. The molecule has 0 spiro atoms. The predicted octanol–water partition coefficient (Wildman–Crippen LogP) is -1.17. The van der Waals surface area contributed by atoms with E-state index in [-0.39, 0.29) is 17.2 Å². The number of amides is 2. The molecule has 1 fully saturated rings. The van der Waals surface area contributed by atoms with Gasteiger partial charge in [-0.2, -0.15) is 0 Å². The second-order valence-electron chi connectivity index (χ2n) is 9.82. The minimum atomic E-state index is -0.0370. The predicted molar refractivity (Wildman–Crippen MR) is 154 cm³/mol. The topological polar surface area (TPSA) is 143 Å². The first-order chi connectivity index (χ1) is 18.1. The fourth-order valence-electron chi connectivity index (χ4n) is 3.91. The van der Waals surface area contributed by atoms with Gasteiger partial charge in [-0.3, -0.25) is 9.59 Å². The summed E-state index contributed by atoms with van der Waals surface area (Å²) in [5, 5.41) is 29.1. The SMILES string of the molecule is CC1(CNCCNCCNC(=O)CCCC(=O)NCCCN=C=S)CNCCNCCCNCCNC1. The molecule has 1 heterocycles. The number of thiocarbonyl (C=S) groups is 1. The molecule has 0 radical (unpaired) electrons. The van der Waals surface area contributed by atoms with Gasteiger partial charge in [0.15, 0.2) is 0 Å². The van der Waals surface area contributed by atoms with Crippen LogP contribution in [0.25, 0.3) is 0 Å². The van der Waals surface area contributed by atoms with Gasteiger partial charge in [0.25, 0.3) is 0 Å². The number of hydrogen-bond donors (Lipinski definition) is 8. The number of nitrogens with zero attached hydrogens (tertiary/aromatic N) is 1. The maximum absolute atomic E-state index is 11.9. The van der Waals surface area contributed by atoms with Gasteiger partial charge in [-0.15, -0.1) is 0 Å². The van der Waals surface area contributed by atoms with Crippen LogP contribution in [0.2, 0.25) is 0 Å². The van der Waals surface area contributed by atoms with Gasteiger partial charge in [0.1, 0.15) is 0 Å². The first kappa shape index (κ1) is 33.5. The minimum Gasteiger partial charge on any atom is -0.356 e. The number of rotatable bonds is 16. The van der Waals surface area contributed by atoms with Crippen LogP contribution in [0.3, 0.4) is 0 Å². The first-order valence-electron chi connectivity index (χ1n) is 13.9. The van der Waals surface area contributed by atoms with Crippen molar-refractivity contribution < 1.29 is 9.59 Å². The Hall–Kier alpha value is -1.50. The Morgan fingerprint density at radius 2 is 1.35 bits per heavy atom. The van der Waals surface area contributed by atoms with Gasteiger partial charge in [0, 0.05) is 96.8 Å². The van der Waals surface area contributed by atoms with Crippen molar-refractivity contribution in [2.24, 2.45) is 10.4 Å². The molecule has 0 aromatic rings. The molecule has 0 aliphatic carbocycles. The number of carbonyl (C=O) groups is 2. The van der Waals surface area contributed by atoms with E-state index in [9.17, 15) is 9.59 Å². The van der Waals surface area contributed by atoms with Gasteiger partial charge >= 0.3 is 0 Å². The normalized spacial score (nSPS) is 17.2. The van der Waals surface area contributed by atoms with Gasteiger partial charge in [-0.05, 0) is 44.6 Å². The lowest BCUT2D eigenvalue weighted by Crippen LogP contribution is -2.49. The average Bonchev–Trinajstić information content (AvgIpc) is 2.88. The molecule has 11 nitrogen and oxygen atoms in total. The Bertz CT molecular complexity index is 634. The highest BCUT2D eigenvalue weighted by Crippen LogP contribution is 2.12. The van der Waals surface area contributed by atoms with Crippen molar-refractivity contribution in [1.29, 1.82) is 0 Å². The molecular formula is C25H51N9O2S. The smallest absolute Gasteiger partial charge is 0.220 e. The molecule has 0 aromatic carbocycles. The first-order valence-corrected chi connectivity index (χ1v) is 14.3. The van der Waals surface area contributed by atoms with E-state index in [1.807, 2.05) is 0 Å². The molecule has 1 rings (SSSR count). The summed E-state index contributed by atoms with van der Waals surface area (Å²) in [6.07, 6.45) is 3.16. The molecule has 2 amide bonds. The molecule has 12 heteroatoms. The number of hydrogen-bond acceptors (Lipinski definition) is 10. The third-order valence-corrected chi connectivity index (χ3v) is 6.19. The standard InChI is InChI=1S/C25H51N9O2S/c1-25(19-29-14-11-26-7-3-8-27-12-15-30-20-25)21-31-16-13-28-17-18-34-24(36)6-2-5-23(35)33-10-4-9-32-22-37/h26-31H,2-21H2,1H3,(H,33,35)(H,34,36). The van der Waals surface area contributed by atoms with Gasteiger partial charge in [0.2, 0.25) is 11.8 Å². The van der Waals surface area contributed by atoms with Crippen LogP contribution in [0.4, 0.5) is 0 Å². The summed E-state index contributed by atoms with van der Waals surface area (Å²) in [7, 11) is 0. The quantitative estimate of drug-likeness (QED) is 0.0689. The summed E-state index contributed by atoms with van der Waals surface area (Å²) in [6.45, 7) is 15.4. The molecule has 0 unspecified atom stereocenters. The highest BCUT2D eigenvalue weighted by molar-refractivity contribution is 7.78. The molecule has 0 aromatic heterocycles. The van der Waals surface area contributed by atoms with E-state index in [4.69, 9.17) is 0 Å². The molecule has 214 valence electrons. The highest BCUT2D eigenvalue weighted by atomic mass is 32.1. The van der Waals surface area contributed by atoms with E-state index in [1.165, 1.54) is 0 Å². The summed E-state index contributed by atoms with van der Waals surface area (Å²) < 4.78 is 0. The Labute approximate surface area is 228 Å². The van der Waals surface area contributed by atoms with Gasteiger partial charge in [-0.1, -0.05) is 6.92 Å². The van der Waals surface area contributed by atoms with Crippen molar-refractivity contribution in [1.82, 2.24) is 42.5 Å². The van der Waals surface area contributed by atoms with Crippen molar-refractivity contribution in [3.63, 3.8) is 0 Å². The average molecular weight is 542 g/mol. The molecule has 0 bridgehead atoms. The lowest BCUT2D eigenvalue weighted by Gasteiger charge is -2.31. The Balaban J connectivity index is 2.04. The van der Waals surface area contributed by atoms with Crippen LogP contribution >= 0.6 is 12.2 Å². The van der Waals surface area contributed by atoms with Crippen molar-refractivity contribution in [2.45, 2.75) is 39.0 Å². The zero-order chi connectivity index (χ0) is 26.9. The maximum Gasteiger partial charge on any atom is 0.220 e. The summed E-state index contributed by atoms with van der Waals surface area (Å²) in [6, 6.07) is 0. The lowest BCUT2D eigenvalue weighted by molar-refractivity contribution is -0.122. The van der Waals surface area contributed by atoms with E-state index >= 15 is 0 Å².